The Morgan fingerprint density at radius 1 is 1.52 bits per heavy atom. The van der Waals surface area contributed by atoms with Crippen molar-refractivity contribution < 1.29 is 19.6 Å². The molecule has 0 aromatic heterocycles. The van der Waals surface area contributed by atoms with Crippen molar-refractivity contribution in [3.05, 3.63) is 33.9 Å². The van der Waals surface area contributed by atoms with Crippen molar-refractivity contribution in [3.63, 3.8) is 0 Å². The maximum absolute atomic E-state index is 12.4. The molecule has 0 fully saturated rings. The number of nitro groups is 1. The summed E-state index contributed by atoms with van der Waals surface area (Å²) in [4.78, 5) is 24.2. The van der Waals surface area contributed by atoms with E-state index < -0.39 is 11.0 Å². The Bertz CT molecular complexity index is 516. The highest BCUT2D eigenvalue weighted by Crippen LogP contribution is 2.31. The Morgan fingerprint density at radius 2 is 2.19 bits per heavy atom. The first-order chi connectivity index (χ1) is 9.88. The number of ether oxygens (including phenoxy) is 1. The summed E-state index contributed by atoms with van der Waals surface area (Å²) in [5.74, 6) is -0.387. The highest BCUT2D eigenvalue weighted by molar-refractivity contribution is 5.98. The van der Waals surface area contributed by atoms with Crippen LogP contribution < -0.4 is 4.74 Å². The van der Waals surface area contributed by atoms with Gasteiger partial charge in [-0.1, -0.05) is 6.07 Å². The minimum atomic E-state index is -0.572. The molecule has 7 nitrogen and oxygen atoms in total. The lowest BCUT2D eigenvalue weighted by atomic mass is 10.1. The molecule has 0 spiro atoms. The van der Waals surface area contributed by atoms with E-state index in [1.165, 1.54) is 23.1 Å². The molecule has 7 heteroatoms. The van der Waals surface area contributed by atoms with Gasteiger partial charge in [-0.15, -0.1) is 0 Å². The molecule has 0 saturated heterocycles. The van der Waals surface area contributed by atoms with Gasteiger partial charge in [-0.05, 0) is 26.3 Å². The predicted octanol–water partition coefficient (Wildman–Crippen LogP) is 1.84. The van der Waals surface area contributed by atoms with Gasteiger partial charge in [0.2, 0.25) is 5.75 Å². The Balaban J connectivity index is 3.08. The summed E-state index contributed by atoms with van der Waals surface area (Å²) in [7, 11) is 1.58. The summed E-state index contributed by atoms with van der Waals surface area (Å²) in [6, 6.07) is 4.26. The predicted molar refractivity (Wildman–Crippen MR) is 77.5 cm³/mol. The minimum absolute atomic E-state index is 0.0149. The Hall–Kier alpha value is -2.15. The SMILES string of the molecule is CCOc1c(C(=O)N(C)CCC(C)O)cccc1[N+](=O)[O-]. The third-order valence-corrected chi connectivity index (χ3v) is 2.94. The number of benzene rings is 1. The third kappa shape index (κ3) is 4.42. The van der Waals surface area contributed by atoms with E-state index in [0.29, 0.717) is 13.0 Å². The van der Waals surface area contributed by atoms with Gasteiger partial charge in [0, 0.05) is 19.7 Å². The molecule has 0 aliphatic heterocycles. The number of rotatable bonds is 7. The van der Waals surface area contributed by atoms with Gasteiger partial charge in [0.15, 0.2) is 0 Å². The molecule has 0 bridgehead atoms. The highest BCUT2D eigenvalue weighted by atomic mass is 16.6. The molecule has 1 rings (SSSR count). The number of carbonyl (C=O) groups excluding carboxylic acids is 1. The van der Waals surface area contributed by atoms with Crippen molar-refractivity contribution >= 4 is 11.6 Å². The first kappa shape index (κ1) is 16.9. The lowest BCUT2D eigenvalue weighted by molar-refractivity contribution is -0.385. The molecule has 0 radical (unpaired) electrons. The van der Waals surface area contributed by atoms with Gasteiger partial charge in [-0.2, -0.15) is 0 Å². The summed E-state index contributed by atoms with van der Waals surface area (Å²) in [5, 5.41) is 20.3. The van der Waals surface area contributed by atoms with Crippen LogP contribution >= 0.6 is 0 Å². The van der Waals surface area contributed by atoms with E-state index in [9.17, 15) is 20.0 Å². The van der Waals surface area contributed by atoms with Crippen LogP contribution in [0.4, 0.5) is 5.69 Å². The summed E-state index contributed by atoms with van der Waals surface area (Å²) >= 11 is 0. The molecular weight excluding hydrogens is 276 g/mol. The molecule has 0 aliphatic carbocycles. The van der Waals surface area contributed by atoms with Crippen molar-refractivity contribution in [1.29, 1.82) is 0 Å². The summed E-state index contributed by atoms with van der Waals surface area (Å²) in [6.45, 7) is 3.91. The number of amides is 1. The molecule has 116 valence electrons. The van der Waals surface area contributed by atoms with Crippen LogP contribution in [0.5, 0.6) is 5.75 Å². The zero-order valence-electron chi connectivity index (χ0n) is 12.4. The molecule has 1 unspecified atom stereocenters. The van der Waals surface area contributed by atoms with Gasteiger partial charge in [-0.3, -0.25) is 14.9 Å². The van der Waals surface area contributed by atoms with Gasteiger partial charge in [0.05, 0.1) is 23.2 Å². The molecule has 1 aromatic carbocycles. The number of nitrogens with zero attached hydrogens (tertiary/aromatic N) is 2. The molecule has 1 N–H and O–H groups in total. The molecule has 21 heavy (non-hydrogen) atoms. The normalized spacial score (nSPS) is 11.8. The van der Waals surface area contributed by atoms with E-state index in [1.54, 1.807) is 20.9 Å². The van der Waals surface area contributed by atoms with Crippen LogP contribution in [-0.2, 0) is 0 Å². The van der Waals surface area contributed by atoms with Crippen molar-refractivity contribution in [3.8, 4) is 5.75 Å². The zero-order valence-corrected chi connectivity index (χ0v) is 12.4. The quantitative estimate of drug-likeness (QED) is 0.612. The molecule has 1 aromatic rings. The van der Waals surface area contributed by atoms with E-state index in [2.05, 4.69) is 0 Å². The van der Waals surface area contributed by atoms with Crippen LogP contribution in [-0.4, -0.2) is 47.1 Å². The van der Waals surface area contributed by atoms with Crippen molar-refractivity contribution in [2.75, 3.05) is 20.2 Å². The van der Waals surface area contributed by atoms with Gasteiger partial charge in [0.25, 0.3) is 5.91 Å². The van der Waals surface area contributed by atoms with Crippen LogP contribution in [0.15, 0.2) is 18.2 Å². The first-order valence-corrected chi connectivity index (χ1v) is 6.72. The molecular formula is C14H20N2O5. The summed E-state index contributed by atoms with van der Waals surface area (Å²) < 4.78 is 5.29. The molecule has 0 saturated carbocycles. The largest absolute Gasteiger partial charge is 0.487 e. The maximum atomic E-state index is 12.4. The molecule has 1 atom stereocenters. The van der Waals surface area contributed by atoms with Gasteiger partial charge >= 0.3 is 5.69 Å². The van der Waals surface area contributed by atoms with Crippen LogP contribution in [0, 0.1) is 10.1 Å². The fourth-order valence-corrected chi connectivity index (χ4v) is 1.82. The number of aliphatic hydroxyl groups is 1. The van der Waals surface area contributed by atoms with Crippen molar-refractivity contribution in [2.24, 2.45) is 0 Å². The van der Waals surface area contributed by atoms with E-state index in [0.717, 1.165) is 0 Å². The highest BCUT2D eigenvalue weighted by Gasteiger charge is 2.24. The summed E-state index contributed by atoms with van der Waals surface area (Å²) in [5.41, 5.74) is -0.0780. The second-order valence-corrected chi connectivity index (χ2v) is 4.71. The second kappa shape index (κ2) is 7.58. The van der Waals surface area contributed by atoms with E-state index in [4.69, 9.17) is 4.74 Å². The van der Waals surface area contributed by atoms with Crippen molar-refractivity contribution in [2.45, 2.75) is 26.4 Å². The third-order valence-electron chi connectivity index (χ3n) is 2.94. The smallest absolute Gasteiger partial charge is 0.311 e. The van der Waals surface area contributed by atoms with Gasteiger partial charge in [-0.25, -0.2) is 0 Å². The van der Waals surface area contributed by atoms with Gasteiger partial charge < -0.3 is 14.7 Å². The number of carbonyl (C=O) groups is 1. The standard InChI is InChI=1S/C14H20N2O5/c1-4-21-13-11(6-5-7-12(13)16(19)20)14(18)15(3)9-8-10(2)17/h5-7,10,17H,4,8-9H2,1-3H3. The Labute approximate surface area is 123 Å². The van der Waals surface area contributed by atoms with Crippen molar-refractivity contribution in [1.82, 2.24) is 4.90 Å². The second-order valence-electron chi connectivity index (χ2n) is 4.71. The van der Waals surface area contributed by atoms with E-state index >= 15 is 0 Å². The Morgan fingerprint density at radius 3 is 2.71 bits per heavy atom. The number of hydrogen-bond acceptors (Lipinski definition) is 5. The lowest BCUT2D eigenvalue weighted by Gasteiger charge is -2.19. The number of aliphatic hydroxyl groups excluding tert-OH is 1. The molecule has 0 heterocycles. The first-order valence-electron chi connectivity index (χ1n) is 6.72. The topological polar surface area (TPSA) is 92.9 Å². The number of hydrogen-bond donors (Lipinski definition) is 1. The fourth-order valence-electron chi connectivity index (χ4n) is 1.82. The average molecular weight is 296 g/mol. The lowest BCUT2D eigenvalue weighted by Crippen LogP contribution is -2.30. The molecule has 1 amide bonds. The van der Waals surface area contributed by atoms with Crippen LogP contribution in [0.25, 0.3) is 0 Å². The van der Waals surface area contributed by atoms with Crippen LogP contribution in [0.1, 0.15) is 30.6 Å². The molecule has 0 aliphatic rings. The zero-order chi connectivity index (χ0) is 16.0. The minimum Gasteiger partial charge on any atom is -0.487 e. The van der Waals surface area contributed by atoms with E-state index in [1.807, 2.05) is 0 Å². The Kier molecular flexibility index (Phi) is 6.10. The van der Waals surface area contributed by atoms with Gasteiger partial charge in [0.1, 0.15) is 0 Å². The average Bonchev–Trinajstić information content (AvgIpc) is 2.44. The summed E-state index contributed by atoms with van der Waals surface area (Å²) in [6.07, 6.45) is -0.0852. The monoisotopic (exact) mass is 296 g/mol. The fraction of sp³-hybridized carbons (Fsp3) is 0.500. The van der Waals surface area contributed by atoms with Crippen LogP contribution in [0.2, 0.25) is 0 Å². The van der Waals surface area contributed by atoms with Crippen LogP contribution in [0.3, 0.4) is 0 Å². The van der Waals surface area contributed by atoms with E-state index in [-0.39, 0.29) is 29.5 Å². The maximum Gasteiger partial charge on any atom is 0.311 e. The number of para-hydroxylation sites is 1. The number of nitro benzene ring substituents is 1.